The van der Waals surface area contributed by atoms with Crippen molar-refractivity contribution in [1.29, 1.82) is 0 Å². The van der Waals surface area contributed by atoms with Crippen LogP contribution in [0.2, 0.25) is 0 Å². The van der Waals surface area contributed by atoms with Gasteiger partial charge in [0.05, 0.1) is 0 Å². The van der Waals surface area contributed by atoms with Crippen molar-refractivity contribution in [2.75, 3.05) is 0 Å². The first-order valence-electron chi connectivity index (χ1n) is 4.20. The first kappa shape index (κ1) is 7.32. The maximum atomic E-state index is 11.4. The van der Waals surface area contributed by atoms with E-state index in [1.165, 1.54) is 0 Å². The molecule has 3 aromatic heterocycles. The summed E-state index contributed by atoms with van der Waals surface area (Å²) < 4.78 is 5.40. The zero-order valence-electron chi connectivity index (χ0n) is 7.15. The maximum Gasteiger partial charge on any atom is 0.291 e. The number of aromatic nitrogens is 2. The number of furan rings is 1. The van der Waals surface area contributed by atoms with Gasteiger partial charge in [0.25, 0.3) is 5.56 Å². The van der Waals surface area contributed by atoms with Crippen LogP contribution in [0.1, 0.15) is 0 Å². The van der Waals surface area contributed by atoms with Crippen LogP contribution >= 0.6 is 0 Å². The van der Waals surface area contributed by atoms with Gasteiger partial charge in [-0.05, 0) is 12.1 Å². The van der Waals surface area contributed by atoms with Gasteiger partial charge in [0.15, 0.2) is 5.58 Å². The van der Waals surface area contributed by atoms with E-state index in [4.69, 9.17) is 4.42 Å². The summed E-state index contributed by atoms with van der Waals surface area (Å²) in [5.41, 5.74) is 0.834. The van der Waals surface area contributed by atoms with Gasteiger partial charge in [-0.1, -0.05) is 0 Å². The molecule has 68 valence electrons. The van der Waals surface area contributed by atoms with E-state index < -0.39 is 0 Å². The number of aromatic amines is 1. The van der Waals surface area contributed by atoms with E-state index in [9.17, 15) is 4.79 Å². The quantitative estimate of drug-likeness (QED) is 0.581. The molecule has 0 aromatic carbocycles. The minimum absolute atomic E-state index is 0.210. The molecule has 0 fully saturated rings. The highest BCUT2D eigenvalue weighted by Gasteiger charge is 2.08. The van der Waals surface area contributed by atoms with Crippen LogP contribution in [-0.4, -0.2) is 9.97 Å². The van der Waals surface area contributed by atoms with Gasteiger partial charge in [-0.3, -0.25) is 9.78 Å². The monoisotopic (exact) mass is 186 g/mol. The second-order valence-electron chi connectivity index (χ2n) is 3.02. The summed E-state index contributed by atoms with van der Waals surface area (Å²) in [7, 11) is 0. The molecule has 4 heteroatoms. The second-order valence-corrected chi connectivity index (χ2v) is 3.02. The fraction of sp³-hybridized carbons (Fsp3) is 0. The van der Waals surface area contributed by atoms with Crippen molar-refractivity contribution in [3.05, 3.63) is 41.1 Å². The predicted octanol–water partition coefficient (Wildman–Crippen LogP) is 1.67. The zero-order valence-corrected chi connectivity index (χ0v) is 7.15. The largest absolute Gasteiger partial charge is 0.450 e. The molecule has 4 nitrogen and oxygen atoms in total. The molecule has 1 N–H and O–H groups in total. The molecule has 0 bridgehead atoms. The highest BCUT2D eigenvalue weighted by Crippen LogP contribution is 2.24. The number of hydrogen-bond donors (Lipinski definition) is 1. The minimum atomic E-state index is -0.210. The Morgan fingerprint density at radius 2 is 2.21 bits per heavy atom. The molecule has 3 heterocycles. The molecule has 0 aliphatic carbocycles. The summed E-state index contributed by atoms with van der Waals surface area (Å²) in [5.74, 6) is 0. The lowest BCUT2D eigenvalue weighted by Crippen LogP contribution is -2.02. The smallest absolute Gasteiger partial charge is 0.291 e. The van der Waals surface area contributed by atoms with Crippen LogP contribution in [0.3, 0.4) is 0 Å². The van der Waals surface area contributed by atoms with E-state index in [-0.39, 0.29) is 5.56 Å². The molecule has 14 heavy (non-hydrogen) atoms. The van der Waals surface area contributed by atoms with E-state index in [2.05, 4.69) is 9.97 Å². The van der Waals surface area contributed by atoms with Crippen LogP contribution in [0.4, 0.5) is 0 Å². The number of nitrogens with zero attached hydrogens (tertiary/aromatic N) is 1. The van der Waals surface area contributed by atoms with Gasteiger partial charge in [0.2, 0.25) is 0 Å². The fourth-order valence-corrected chi connectivity index (χ4v) is 1.56. The summed E-state index contributed by atoms with van der Waals surface area (Å²) >= 11 is 0. The summed E-state index contributed by atoms with van der Waals surface area (Å²) in [6.45, 7) is 0. The van der Waals surface area contributed by atoms with Crippen LogP contribution in [-0.2, 0) is 0 Å². The summed E-state index contributed by atoms with van der Waals surface area (Å²) in [6, 6.07) is 3.55. The number of fused-ring (bicyclic) bond motifs is 3. The lowest BCUT2D eigenvalue weighted by atomic mass is 10.2. The van der Waals surface area contributed by atoms with Crippen molar-refractivity contribution in [1.82, 2.24) is 9.97 Å². The molecule has 0 saturated carbocycles. The Hall–Kier alpha value is -2.10. The normalized spacial score (nSPS) is 11.1. The van der Waals surface area contributed by atoms with Crippen molar-refractivity contribution in [2.45, 2.75) is 0 Å². The lowest BCUT2D eigenvalue weighted by Gasteiger charge is -1.85. The van der Waals surface area contributed by atoms with Gasteiger partial charge in [0.1, 0.15) is 5.58 Å². The van der Waals surface area contributed by atoms with Crippen molar-refractivity contribution >= 4 is 21.9 Å². The van der Waals surface area contributed by atoms with Gasteiger partial charge in [-0.25, -0.2) is 0 Å². The Labute approximate surface area is 78.2 Å². The molecule has 0 unspecified atom stereocenters. The molecule has 0 aliphatic heterocycles. The molecule has 0 amide bonds. The van der Waals surface area contributed by atoms with Gasteiger partial charge >= 0.3 is 0 Å². The molecule has 0 atom stereocenters. The first-order valence-corrected chi connectivity index (χ1v) is 4.20. The number of pyridine rings is 2. The second kappa shape index (κ2) is 2.45. The van der Waals surface area contributed by atoms with Crippen molar-refractivity contribution in [3.8, 4) is 0 Å². The van der Waals surface area contributed by atoms with Crippen LogP contribution in [0.25, 0.3) is 21.9 Å². The average Bonchev–Trinajstić information content (AvgIpc) is 2.59. The molecule has 3 rings (SSSR count). The molecule has 3 aromatic rings. The predicted molar refractivity (Wildman–Crippen MR) is 52.1 cm³/mol. The van der Waals surface area contributed by atoms with Crippen LogP contribution < -0.4 is 5.56 Å². The van der Waals surface area contributed by atoms with E-state index >= 15 is 0 Å². The Bertz CT molecular complexity index is 666. The lowest BCUT2D eigenvalue weighted by molar-refractivity contribution is 0.662. The zero-order chi connectivity index (χ0) is 9.54. The third-order valence-electron chi connectivity index (χ3n) is 2.20. The Morgan fingerprint density at radius 1 is 1.29 bits per heavy atom. The Kier molecular flexibility index (Phi) is 1.28. The number of nitrogens with one attached hydrogen (secondary N) is 1. The highest BCUT2D eigenvalue weighted by atomic mass is 16.3. The van der Waals surface area contributed by atoms with Crippen molar-refractivity contribution in [2.24, 2.45) is 0 Å². The van der Waals surface area contributed by atoms with Gasteiger partial charge in [-0.15, -0.1) is 0 Å². The third-order valence-corrected chi connectivity index (χ3v) is 2.20. The van der Waals surface area contributed by atoms with E-state index in [0.29, 0.717) is 11.2 Å². The van der Waals surface area contributed by atoms with Gasteiger partial charge < -0.3 is 9.40 Å². The third kappa shape index (κ3) is 0.821. The van der Waals surface area contributed by atoms with E-state index in [1.807, 2.05) is 6.07 Å². The number of rotatable bonds is 0. The Balaban J connectivity index is 2.70. The average molecular weight is 186 g/mol. The standard InChI is InChI=1S/C10H6N2O2/c13-10-9-6(1-4-12-10)7-5-11-3-2-8(7)14-9/h1-5H,(H,12,13). The minimum Gasteiger partial charge on any atom is -0.450 e. The van der Waals surface area contributed by atoms with Crippen LogP contribution in [0.5, 0.6) is 0 Å². The fourth-order valence-electron chi connectivity index (χ4n) is 1.56. The summed E-state index contributed by atoms with van der Waals surface area (Å²) in [4.78, 5) is 17.9. The SMILES string of the molecule is O=c1[nH]ccc2c1oc1ccncc12. The van der Waals surface area contributed by atoms with Crippen molar-refractivity contribution in [3.63, 3.8) is 0 Å². The maximum absolute atomic E-state index is 11.4. The molecular weight excluding hydrogens is 180 g/mol. The van der Waals surface area contributed by atoms with Crippen LogP contribution in [0.15, 0.2) is 39.9 Å². The summed E-state index contributed by atoms with van der Waals surface area (Å²) in [5, 5.41) is 1.67. The molecule has 0 saturated heterocycles. The molecule has 0 spiro atoms. The van der Waals surface area contributed by atoms with Crippen molar-refractivity contribution < 1.29 is 4.42 Å². The topological polar surface area (TPSA) is 58.9 Å². The van der Waals surface area contributed by atoms with E-state index in [1.54, 1.807) is 24.7 Å². The number of H-pyrrole nitrogens is 1. The Morgan fingerprint density at radius 3 is 3.14 bits per heavy atom. The molecular formula is C10H6N2O2. The highest BCUT2D eigenvalue weighted by molar-refractivity contribution is 6.03. The first-order chi connectivity index (χ1) is 6.86. The summed E-state index contributed by atoms with van der Waals surface area (Å²) in [6.07, 6.45) is 4.94. The molecule has 0 radical (unpaired) electrons. The van der Waals surface area contributed by atoms with E-state index in [0.717, 1.165) is 10.8 Å². The number of hydrogen-bond acceptors (Lipinski definition) is 3. The van der Waals surface area contributed by atoms with Gasteiger partial charge in [-0.2, -0.15) is 0 Å². The van der Waals surface area contributed by atoms with Crippen LogP contribution in [0, 0.1) is 0 Å². The molecule has 0 aliphatic rings. The van der Waals surface area contributed by atoms with Gasteiger partial charge in [0, 0.05) is 29.4 Å².